The Balaban J connectivity index is 1.82. The molecule has 0 N–H and O–H groups in total. The number of urea groups is 1. The zero-order valence-electron chi connectivity index (χ0n) is 17.4. The van der Waals surface area contributed by atoms with Crippen LogP contribution in [0.3, 0.4) is 0 Å². The van der Waals surface area contributed by atoms with Gasteiger partial charge in [0.15, 0.2) is 0 Å². The molecule has 3 rings (SSSR count). The van der Waals surface area contributed by atoms with Gasteiger partial charge in [0.25, 0.3) is 11.8 Å². The zero-order chi connectivity index (χ0) is 20.6. The summed E-state index contributed by atoms with van der Waals surface area (Å²) in [5, 5.41) is 3.97. The summed E-state index contributed by atoms with van der Waals surface area (Å²) in [7, 11) is 0. The van der Waals surface area contributed by atoms with Crippen molar-refractivity contribution in [3.05, 3.63) is 17.0 Å². The summed E-state index contributed by atoms with van der Waals surface area (Å²) >= 11 is 0. The Kier molecular flexibility index (Phi) is 5.50. The molecule has 154 valence electrons. The third kappa shape index (κ3) is 3.08. The van der Waals surface area contributed by atoms with Crippen molar-refractivity contribution in [3.8, 4) is 0 Å². The molecule has 2 aliphatic heterocycles. The van der Waals surface area contributed by atoms with Gasteiger partial charge in [-0.3, -0.25) is 14.5 Å². The molecule has 28 heavy (non-hydrogen) atoms. The number of likely N-dealkylation sites (N-methyl/N-ethyl adjacent to an activating group) is 1. The fourth-order valence-electron chi connectivity index (χ4n) is 4.33. The summed E-state index contributed by atoms with van der Waals surface area (Å²) in [5.41, 5.74) is 0.362. The monoisotopic (exact) mass is 390 g/mol. The molecule has 1 aromatic rings. The summed E-state index contributed by atoms with van der Waals surface area (Å²) < 4.78 is 5.20. The minimum Gasteiger partial charge on any atom is -0.361 e. The van der Waals surface area contributed by atoms with E-state index < -0.39 is 5.54 Å². The van der Waals surface area contributed by atoms with Crippen LogP contribution in [0.4, 0.5) is 4.79 Å². The Hall–Kier alpha value is -2.38. The minimum absolute atomic E-state index is 0.107. The van der Waals surface area contributed by atoms with E-state index in [9.17, 15) is 14.4 Å². The number of carbonyl (C=O) groups is 3. The summed E-state index contributed by atoms with van der Waals surface area (Å²) in [5.74, 6) is 0.554. The predicted octanol–water partition coefficient (Wildman–Crippen LogP) is 2.46. The topological polar surface area (TPSA) is 87.0 Å². The van der Waals surface area contributed by atoms with Crippen LogP contribution < -0.4 is 0 Å². The van der Waals surface area contributed by atoms with E-state index in [1.165, 1.54) is 4.90 Å². The minimum atomic E-state index is -0.828. The normalized spacial score (nSPS) is 19.4. The number of aromatic nitrogens is 1. The van der Waals surface area contributed by atoms with E-state index in [-0.39, 0.29) is 23.8 Å². The van der Waals surface area contributed by atoms with Gasteiger partial charge in [0, 0.05) is 26.2 Å². The first kappa shape index (κ1) is 20.4. The van der Waals surface area contributed by atoms with E-state index in [0.29, 0.717) is 62.5 Å². The molecular formula is C20H30N4O4. The molecule has 0 bridgehead atoms. The first-order valence-corrected chi connectivity index (χ1v) is 10.1. The highest BCUT2D eigenvalue weighted by Crippen LogP contribution is 2.38. The fourth-order valence-corrected chi connectivity index (χ4v) is 4.33. The SMILES string of the molecule is CCc1noc(C)c1C(=O)N1CCC2(CC1)C(=O)N(CC)C(=O)N2CC(C)C. The lowest BCUT2D eigenvalue weighted by Crippen LogP contribution is -2.58. The molecular weight excluding hydrogens is 360 g/mol. The number of hydrogen-bond donors (Lipinski definition) is 0. The lowest BCUT2D eigenvalue weighted by atomic mass is 9.85. The maximum absolute atomic E-state index is 13.1. The highest BCUT2D eigenvalue weighted by Gasteiger charge is 2.57. The number of amides is 4. The standard InChI is InChI=1S/C20H30N4O4/c1-6-15-16(14(5)28-21-15)17(25)22-10-8-20(9-11-22)18(26)23(7-2)19(27)24(20)12-13(3)4/h13H,6-12H2,1-5H3. The second kappa shape index (κ2) is 7.56. The van der Waals surface area contributed by atoms with Crippen molar-refractivity contribution in [1.82, 2.24) is 19.9 Å². The van der Waals surface area contributed by atoms with Crippen LogP contribution in [0.1, 0.15) is 62.3 Å². The number of hydrogen-bond acceptors (Lipinski definition) is 5. The lowest BCUT2D eigenvalue weighted by Gasteiger charge is -2.42. The van der Waals surface area contributed by atoms with E-state index >= 15 is 0 Å². The van der Waals surface area contributed by atoms with Gasteiger partial charge in [0.05, 0.1) is 5.69 Å². The van der Waals surface area contributed by atoms with Crippen LogP contribution in [-0.4, -0.2) is 69.4 Å². The maximum atomic E-state index is 13.1. The van der Waals surface area contributed by atoms with Crippen LogP contribution >= 0.6 is 0 Å². The second-order valence-electron chi connectivity index (χ2n) is 8.07. The van der Waals surface area contributed by atoms with Crippen molar-refractivity contribution in [2.75, 3.05) is 26.2 Å². The molecule has 0 saturated carbocycles. The zero-order valence-corrected chi connectivity index (χ0v) is 17.4. The molecule has 3 heterocycles. The highest BCUT2D eigenvalue weighted by molar-refractivity contribution is 6.07. The molecule has 2 fully saturated rings. The lowest BCUT2D eigenvalue weighted by molar-refractivity contribution is -0.135. The van der Waals surface area contributed by atoms with Crippen LogP contribution in [0.5, 0.6) is 0 Å². The Bertz CT molecular complexity index is 777. The van der Waals surface area contributed by atoms with Gasteiger partial charge in [0.1, 0.15) is 16.9 Å². The van der Waals surface area contributed by atoms with Crippen LogP contribution in [0.25, 0.3) is 0 Å². The number of carbonyl (C=O) groups excluding carboxylic acids is 3. The van der Waals surface area contributed by atoms with Gasteiger partial charge in [-0.1, -0.05) is 25.9 Å². The van der Waals surface area contributed by atoms with E-state index in [1.54, 1.807) is 16.7 Å². The van der Waals surface area contributed by atoms with Crippen molar-refractivity contribution >= 4 is 17.8 Å². The summed E-state index contributed by atoms with van der Waals surface area (Å²) in [6.45, 7) is 11.4. The summed E-state index contributed by atoms with van der Waals surface area (Å²) in [6.07, 6.45) is 1.54. The molecule has 8 heteroatoms. The molecule has 4 amide bonds. The predicted molar refractivity (Wildman–Crippen MR) is 103 cm³/mol. The van der Waals surface area contributed by atoms with Gasteiger partial charge in [-0.05, 0) is 39.0 Å². The first-order chi connectivity index (χ1) is 13.3. The number of aryl methyl sites for hydroxylation is 2. The van der Waals surface area contributed by atoms with Crippen molar-refractivity contribution < 1.29 is 18.9 Å². The molecule has 8 nitrogen and oxygen atoms in total. The molecule has 1 aromatic heterocycles. The molecule has 0 aliphatic carbocycles. The Labute approximate surface area is 165 Å². The molecule has 2 aliphatic rings. The molecule has 2 saturated heterocycles. The number of piperidine rings is 1. The number of nitrogens with zero attached hydrogens (tertiary/aromatic N) is 4. The van der Waals surface area contributed by atoms with Gasteiger partial charge in [-0.25, -0.2) is 4.79 Å². The maximum Gasteiger partial charge on any atom is 0.327 e. The average molecular weight is 390 g/mol. The van der Waals surface area contributed by atoms with Crippen LogP contribution in [0, 0.1) is 12.8 Å². The largest absolute Gasteiger partial charge is 0.361 e. The van der Waals surface area contributed by atoms with Crippen molar-refractivity contribution in [1.29, 1.82) is 0 Å². The van der Waals surface area contributed by atoms with Gasteiger partial charge in [0.2, 0.25) is 0 Å². The Morgan fingerprint density at radius 3 is 2.39 bits per heavy atom. The van der Waals surface area contributed by atoms with Crippen molar-refractivity contribution in [2.45, 2.75) is 59.4 Å². The van der Waals surface area contributed by atoms with Gasteiger partial charge in [-0.15, -0.1) is 0 Å². The van der Waals surface area contributed by atoms with Crippen LogP contribution in [0.15, 0.2) is 4.52 Å². The summed E-state index contributed by atoms with van der Waals surface area (Å²) in [4.78, 5) is 43.8. The number of rotatable bonds is 5. The third-order valence-corrected chi connectivity index (χ3v) is 5.85. The van der Waals surface area contributed by atoms with E-state index in [2.05, 4.69) is 5.16 Å². The van der Waals surface area contributed by atoms with Gasteiger partial charge >= 0.3 is 6.03 Å². The van der Waals surface area contributed by atoms with Crippen LogP contribution in [0.2, 0.25) is 0 Å². The highest BCUT2D eigenvalue weighted by atomic mass is 16.5. The summed E-state index contributed by atoms with van der Waals surface area (Å²) in [6, 6.07) is -0.205. The molecule has 0 unspecified atom stereocenters. The second-order valence-corrected chi connectivity index (χ2v) is 8.07. The molecule has 0 atom stereocenters. The first-order valence-electron chi connectivity index (χ1n) is 10.1. The van der Waals surface area contributed by atoms with Crippen molar-refractivity contribution in [3.63, 3.8) is 0 Å². The molecule has 0 aromatic carbocycles. The Morgan fingerprint density at radius 1 is 1.21 bits per heavy atom. The quantitative estimate of drug-likeness (QED) is 0.721. The number of imide groups is 1. The van der Waals surface area contributed by atoms with E-state index in [1.807, 2.05) is 27.7 Å². The Morgan fingerprint density at radius 2 is 1.86 bits per heavy atom. The van der Waals surface area contributed by atoms with Crippen LogP contribution in [-0.2, 0) is 11.2 Å². The number of likely N-dealkylation sites (tertiary alicyclic amines) is 1. The molecule has 1 spiro atoms. The smallest absolute Gasteiger partial charge is 0.327 e. The third-order valence-electron chi connectivity index (χ3n) is 5.85. The van der Waals surface area contributed by atoms with E-state index in [4.69, 9.17) is 4.52 Å². The van der Waals surface area contributed by atoms with Crippen molar-refractivity contribution in [2.24, 2.45) is 5.92 Å². The fraction of sp³-hybridized carbons (Fsp3) is 0.700. The van der Waals surface area contributed by atoms with E-state index in [0.717, 1.165) is 0 Å². The van der Waals surface area contributed by atoms with Gasteiger partial charge in [-0.2, -0.15) is 0 Å². The molecule has 0 radical (unpaired) electrons. The average Bonchev–Trinajstić information content (AvgIpc) is 3.13. The van der Waals surface area contributed by atoms with Gasteiger partial charge < -0.3 is 14.3 Å².